The van der Waals surface area contributed by atoms with Gasteiger partial charge in [-0.05, 0) is 51.3 Å². The highest BCUT2D eigenvalue weighted by Crippen LogP contribution is 2.32. The van der Waals surface area contributed by atoms with Crippen LogP contribution in [-0.4, -0.2) is 27.1 Å². The number of aromatic amines is 1. The lowest BCUT2D eigenvalue weighted by atomic mass is 9.95. The summed E-state index contributed by atoms with van der Waals surface area (Å²) in [5.41, 5.74) is 1.60. The molecule has 2 aromatic rings. The number of carbonyl (C=O) groups excluding carboxylic acids is 1. The summed E-state index contributed by atoms with van der Waals surface area (Å²) in [6, 6.07) is 4.39. The van der Waals surface area contributed by atoms with Crippen LogP contribution < -0.4 is 21.9 Å². The Labute approximate surface area is 186 Å². The van der Waals surface area contributed by atoms with Gasteiger partial charge in [-0.2, -0.15) is 5.26 Å². The van der Waals surface area contributed by atoms with E-state index in [2.05, 4.69) is 20.2 Å². The quantitative estimate of drug-likeness (QED) is 0.472. The van der Waals surface area contributed by atoms with Crippen LogP contribution in [-0.2, 0) is 11.3 Å². The predicted octanol–water partition coefficient (Wildman–Crippen LogP) is 3.07. The standard InChI is InChI=1S/C23H30N6O3/c1-5-28-20(19(25-4)22(31)27-23(28)32)26-21(30)17(13-24)12-16-11-14(2)29(15(16)3)18-9-7-6-8-10-18/h11-12,18,25H,5-10H2,1-4H3,(H,26,30)(H,27,31,32)/b17-12+. The van der Waals surface area contributed by atoms with Gasteiger partial charge in [0.2, 0.25) is 0 Å². The van der Waals surface area contributed by atoms with E-state index in [9.17, 15) is 19.6 Å². The van der Waals surface area contributed by atoms with Crippen LogP contribution in [0.4, 0.5) is 11.5 Å². The minimum Gasteiger partial charge on any atom is -0.381 e. The molecule has 1 aliphatic rings. The summed E-state index contributed by atoms with van der Waals surface area (Å²) < 4.78 is 3.54. The Morgan fingerprint density at radius 2 is 1.97 bits per heavy atom. The second kappa shape index (κ2) is 9.73. The number of nitrogens with zero attached hydrogens (tertiary/aromatic N) is 3. The zero-order chi connectivity index (χ0) is 23.4. The van der Waals surface area contributed by atoms with Gasteiger partial charge < -0.3 is 15.2 Å². The van der Waals surface area contributed by atoms with E-state index < -0.39 is 17.2 Å². The van der Waals surface area contributed by atoms with Gasteiger partial charge in [0.25, 0.3) is 11.5 Å². The van der Waals surface area contributed by atoms with E-state index in [1.54, 1.807) is 13.0 Å². The van der Waals surface area contributed by atoms with Crippen LogP contribution in [0.1, 0.15) is 62.0 Å². The SMILES string of the molecule is CCn1c(NC(=O)/C(C#N)=C/c2cc(C)n(C3CCCCC3)c2C)c(NC)c(=O)[nH]c1=O. The van der Waals surface area contributed by atoms with Crippen molar-refractivity contribution in [2.24, 2.45) is 0 Å². The first kappa shape index (κ1) is 23.1. The Morgan fingerprint density at radius 3 is 2.56 bits per heavy atom. The Morgan fingerprint density at radius 1 is 1.28 bits per heavy atom. The first-order chi connectivity index (χ1) is 15.3. The lowest BCUT2D eigenvalue weighted by molar-refractivity contribution is -0.112. The highest BCUT2D eigenvalue weighted by atomic mass is 16.2. The zero-order valence-corrected chi connectivity index (χ0v) is 19.0. The minimum absolute atomic E-state index is 0.0302. The predicted molar refractivity (Wildman–Crippen MR) is 125 cm³/mol. The van der Waals surface area contributed by atoms with Gasteiger partial charge in [-0.15, -0.1) is 0 Å². The molecule has 0 aliphatic heterocycles. The van der Waals surface area contributed by atoms with Crippen LogP contribution in [0.2, 0.25) is 0 Å². The normalized spacial score (nSPS) is 14.8. The third-order valence-electron chi connectivity index (χ3n) is 6.13. The molecule has 32 heavy (non-hydrogen) atoms. The second-order valence-electron chi connectivity index (χ2n) is 8.09. The van der Waals surface area contributed by atoms with Crippen molar-refractivity contribution in [2.45, 2.75) is 65.5 Å². The smallest absolute Gasteiger partial charge is 0.330 e. The van der Waals surface area contributed by atoms with E-state index in [1.807, 2.05) is 26.0 Å². The van der Waals surface area contributed by atoms with Gasteiger partial charge in [0, 0.05) is 31.0 Å². The third-order valence-corrected chi connectivity index (χ3v) is 6.13. The molecular weight excluding hydrogens is 408 g/mol. The number of aryl methyl sites for hydroxylation is 1. The molecule has 2 aromatic heterocycles. The molecular formula is C23H30N6O3. The number of aromatic nitrogens is 3. The van der Waals surface area contributed by atoms with E-state index in [-0.39, 0.29) is 23.6 Å². The van der Waals surface area contributed by atoms with Gasteiger partial charge in [0.05, 0.1) is 0 Å². The number of carbonyl (C=O) groups is 1. The van der Waals surface area contributed by atoms with E-state index in [0.717, 1.165) is 29.8 Å². The molecule has 0 bridgehead atoms. The van der Waals surface area contributed by atoms with Crippen molar-refractivity contribution in [1.82, 2.24) is 14.1 Å². The van der Waals surface area contributed by atoms with Crippen LogP contribution >= 0.6 is 0 Å². The van der Waals surface area contributed by atoms with Crippen molar-refractivity contribution in [1.29, 1.82) is 5.26 Å². The summed E-state index contributed by atoms with van der Waals surface area (Å²) in [7, 11) is 1.52. The fourth-order valence-corrected chi connectivity index (χ4v) is 4.56. The van der Waals surface area contributed by atoms with Crippen molar-refractivity contribution in [2.75, 3.05) is 17.7 Å². The molecule has 1 aliphatic carbocycles. The number of hydrogen-bond donors (Lipinski definition) is 3. The van der Waals surface area contributed by atoms with E-state index in [1.165, 1.54) is 30.9 Å². The molecule has 9 heteroatoms. The van der Waals surface area contributed by atoms with Crippen LogP contribution in [0.25, 0.3) is 6.08 Å². The van der Waals surface area contributed by atoms with E-state index >= 15 is 0 Å². The Bertz CT molecular complexity index is 1170. The molecule has 170 valence electrons. The average molecular weight is 439 g/mol. The number of anilines is 2. The maximum Gasteiger partial charge on any atom is 0.330 e. The molecule has 0 radical (unpaired) electrons. The van der Waals surface area contributed by atoms with Gasteiger partial charge >= 0.3 is 5.69 Å². The highest BCUT2D eigenvalue weighted by Gasteiger charge is 2.22. The fourth-order valence-electron chi connectivity index (χ4n) is 4.56. The Balaban J connectivity index is 1.97. The van der Waals surface area contributed by atoms with Gasteiger partial charge in [-0.25, -0.2) is 4.79 Å². The van der Waals surface area contributed by atoms with Gasteiger partial charge in [0.1, 0.15) is 23.1 Å². The van der Waals surface area contributed by atoms with Crippen molar-refractivity contribution < 1.29 is 4.79 Å². The average Bonchev–Trinajstić information content (AvgIpc) is 3.05. The van der Waals surface area contributed by atoms with Crippen LogP contribution in [0.15, 0.2) is 21.2 Å². The largest absolute Gasteiger partial charge is 0.381 e. The van der Waals surface area contributed by atoms with Crippen LogP contribution in [0.5, 0.6) is 0 Å². The fraction of sp³-hybridized carbons (Fsp3) is 0.478. The van der Waals surface area contributed by atoms with Crippen LogP contribution in [0.3, 0.4) is 0 Å². The third kappa shape index (κ3) is 4.40. The van der Waals surface area contributed by atoms with Gasteiger partial charge in [0.15, 0.2) is 0 Å². The summed E-state index contributed by atoms with van der Waals surface area (Å²) in [4.78, 5) is 39.5. The van der Waals surface area contributed by atoms with Crippen molar-refractivity contribution in [3.63, 3.8) is 0 Å². The summed E-state index contributed by atoms with van der Waals surface area (Å²) >= 11 is 0. The zero-order valence-electron chi connectivity index (χ0n) is 19.0. The summed E-state index contributed by atoms with van der Waals surface area (Å²) in [5, 5.41) is 15.0. The summed E-state index contributed by atoms with van der Waals surface area (Å²) in [5.74, 6) is -0.652. The molecule has 0 unspecified atom stereocenters. The molecule has 3 N–H and O–H groups in total. The number of amides is 1. The van der Waals surface area contributed by atoms with E-state index in [4.69, 9.17) is 0 Å². The maximum absolute atomic E-state index is 12.9. The molecule has 1 saturated carbocycles. The molecule has 1 amide bonds. The minimum atomic E-state index is -0.682. The highest BCUT2D eigenvalue weighted by molar-refractivity contribution is 6.10. The molecule has 0 spiro atoms. The first-order valence-corrected chi connectivity index (χ1v) is 11.0. The first-order valence-electron chi connectivity index (χ1n) is 11.0. The number of nitrogens with one attached hydrogen (secondary N) is 3. The number of nitriles is 1. The number of H-pyrrole nitrogens is 1. The van der Waals surface area contributed by atoms with Crippen molar-refractivity contribution in [3.8, 4) is 6.07 Å². The van der Waals surface area contributed by atoms with Gasteiger partial charge in [-0.1, -0.05) is 19.3 Å². The van der Waals surface area contributed by atoms with Gasteiger partial charge in [-0.3, -0.25) is 19.1 Å². The summed E-state index contributed by atoms with van der Waals surface area (Å²) in [6.07, 6.45) is 7.52. The molecule has 0 aromatic carbocycles. The van der Waals surface area contributed by atoms with Crippen molar-refractivity contribution in [3.05, 3.63) is 49.4 Å². The summed E-state index contributed by atoms with van der Waals surface area (Å²) in [6.45, 7) is 6.00. The monoisotopic (exact) mass is 438 g/mol. The lowest BCUT2D eigenvalue weighted by Gasteiger charge is -2.26. The van der Waals surface area contributed by atoms with Crippen LogP contribution in [0, 0.1) is 25.2 Å². The lowest BCUT2D eigenvalue weighted by Crippen LogP contribution is -2.34. The number of hydrogen-bond acceptors (Lipinski definition) is 5. The molecule has 3 rings (SSSR count). The number of rotatable bonds is 6. The Hall–Kier alpha value is -3.54. The van der Waals surface area contributed by atoms with Crippen molar-refractivity contribution >= 4 is 23.5 Å². The second-order valence-corrected chi connectivity index (χ2v) is 8.09. The molecule has 0 atom stereocenters. The topological polar surface area (TPSA) is 125 Å². The molecule has 9 nitrogen and oxygen atoms in total. The molecule has 1 fully saturated rings. The maximum atomic E-state index is 12.9. The van der Waals surface area contributed by atoms with E-state index in [0.29, 0.717) is 6.04 Å². The Kier molecular flexibility index (Phi) is 7.03. The molecule has 2 heterocycles. The molecule has 0 saturated heterocycles.